The van der Waals surface area contributed by atoms with Gasteiger partial charge in [0.1, 0.15) is 17.4 Å². The lowest BCUT2D eigenvalue weighted by Gasteiger charge is -2.26. The van der Waals surface area contributed by atoms with Crippen molar-refractivity contribution in [2.24, 2.45) is 0 Å². The molecule has 0 radical (unpaired) electrons. The molecule has 0 saturated heterocycles. The molecule has 0 fully saturated rings. The summed E-state index contributed by atoms with van der Waals surface area (Å²) in [4.78, 5) is 28.2. The van der Waals surface area contributed by atoms with Crippen molar-refractivity contribution < 1.29 is 14.7 Å². The van der Waals surface area contributed by atoms with Gasteiger partial charge < -0.3 is 10.0 Å². The zero-order valence-corrected chi connectivity index (χ0v) is 12.1. The first-order valence-corrected chi connectivity index (χ1v) is 6.47. The highest BCUT2D eigenvalue weighted by Gasteiger charge is 2.25. The highest BCUT2D eigenvalue weighted by atomic mass is 35.5. The van der Waals surface area contributed by atoms with Crippen LogP contribution in [-0.4, -0.2) is 39.5 Å². The topological polar surface area (TPSA) is 70.5 Å². The van der Waals surface area contributed by atoms with Crippen LogP contribution in [0.3, 0.4) is 0 Å². The Morgan fingerprint density at radius 3 is 2.58 bits per heavy atom. The second kappa shape index (κ2) is 6.73. The SMILES string of the molecule is CC[C@@H](C)N(CC(=O)O)C(=O)c1nc(Cl)ccc1Cl. The number of pyridine rings is 1. The van der Waals surface area contributed by atoms with Crippen LogP contribution in [0.15, 0.2) is 12.1 Å². The molecule has 1 heterocycles. The maximum Gasteiger partial charge on any atom is 0.323 e. The summed E-state index contributed by atoms with van der Waals surface area (Å²) in [6.45, 7) is 3.22. The molecular formula is C12H14Cl2N2O3. The standard InChI is InChI=1S/C12H14Cl2N2O3/c1-3-7(2)16(6-10(17)18)12(19)11-8(13)4-5-9(14)15-11/h4-5,7H,3,6H2,1-2H3,(H,17,18)/t7-/m1/s1. The summed E-state index contributed by atoms with van der Waals surface area (Å²) in [5, 5.41) is 9.15. The largest absolute Gasteiger partial charge is 0.480 e. The maximum absolute atomic E-state index is 12.3. The first-order valence-electron chi connectivity index (χ1n) is 5.71. The van der Waals surface area contributed by atoms with Gasteiger partial charge in [0.05, 0.1) is 5.02 Å². The monoisotopic (exact) mass is 304 g/mol. The van der Waals surface area contributed by atoms with E-state index in [0.29, 0.717) is 6.42 Å². The molecule has 1 rings (SSSR count). The number of amides is 1. The third kappa shape index (κ3) is 4.08. The molecule has 0 aliphatic heterocycles. The number of hydrogen-bond donors (Lipinski definition) is 1. The van der Waals surface area contributed by atoms with Gasteiger partial charge in [-0.1, -0.05) is 30.1 Å². The van der Waals surface area contributed by atoms with Gasteiger partial charge in [-0.2, -0.15) is 0 Å². The minimum absolute atomic E-state index is 0.0317. The quantitative estimate of drug-likeness (QED) is 0.849. The summed E-state index contributed by atoms with van der Waals surface area (Å²) in [6, 6.07) is 2.69. The van der Waals surface area contributed by atoms with Gasteiger partial charge in [-0.05, 0) is 25.5 Å². The van der Waals surface area contributed by atoms with E-state index in [-0.39, 0.29) is 21.9 Å². The van der Waals surface area contributed by atoms with Crippen LogP contribution in [0, 0.1) is 0 Å². The number of halogens is 2. The Labute approximate surface area is 121 Å². The molecule has 0 aliphatic carbocycles. The van der Waals surface area contributed by atoms with Crippen molar-refractivity contribution >= 4 is 35.1 Å². The van der Waals surface area contributed by atoms with Crippen molar-refractivity contribution in [2.45, 2.75) is 26.3 Å². The van der Waals surface area contributed by atoms with Crippen molar-refractivity contribution in [1.82, 2.24) is 9.88 Å². The lowest BCUT2D eigenvalue weighted by atomic mass is 10.2. The molecule has 5 nitrogen and oxygen atoms in total. The minimum Gasteiger partial charge on any atom is -0.480 e. The Bertz CT molecular complexity index is 494. The third-order valence-electron chi connectivity index (χ3n) is 2.70. The van der Waals surface area contributed by atoms with Crippen LogP contribution in [-0.2, 0) is 4.79 Å². The zero-order chi connectivity index (χ0) is 14.6. The Kier molecular flexibility index (Phi) is 5.57. The number of carbonyl (C=O) groups excluding carboxylic acids is 1. The molecule has 0 saturated carbocycles. The zero-order valence-electron chi connectivity index (χ0n) is 10.6. The fourth-order valence-electron chi connectivity index (χ4n) is 1.50. The number of aromatic nitrogens is 1. The summed E-state index contributed by atoms with van der Waals surface area (Å²) >= 11 is 11.6. The van der Waals surface area contributed by atoms with E-state index in [1.54, 1.807) is 6.92 Å². The number of hydrogen-bond acceptors (Lipinski definition) is 3. The minimum atomic E-state index is -1.09. The van der Waals surface area contributed by atoms with Crippen molar-refractivity contribution in [2.75, 3.05) is 6.54 Å². The number of aliphatic carboxylic acids is 1. The molecule has 1 N–H and O–H groups in total. The molecule has 1 aromatic rings. The van der Waals surface area contributed by atoms with E-state index in [0.717, 1.165) is 0 Å². The van der Waals surface area contributed by atoms with Gasteiger partial charge in [0.2, 0.25) is 0 Å². The van der Waals surface area contributed by atoms with Crippen LogP contribution in [0.2, 0.25) is 10.2 Å². The lowest BCUT2D eigenvalue weighted by Crippen LogP contribution is -2.42. The average molecular weight is 305 g/mol. The predicted octanol–water partition coefficient (Wildman–Crippen LogP) is 2.71. The summed E-state index contributed by atoms with van der Waals surface area (Å²) in [6.07, 6.45) is 0.622. The van der Waals surface area contributed by atoms with Crippen molar-refractivity contribution in [3.63, 3.8) is 0 Å². The van der Waals surface area contributed by atoms with Gasteiger partial charge in [-0.25, -0.2) is 4.98 Å². The van der Waals surface area contributed by atoms with Gasteiger partial charge in [-0.3, -0.25) is 9.59 Å². The van der Waals surface area contributed by atoms with Gasteiger partial charge >= 0.3 is 5.97 Å². The van der Waals surface area contributed by atoms with E-state index < -0.39 is 18.4 Å². The molecule has 104 valence electrons. The van der Waals surface area contributed by atoms with E-state index >= 15 is 0 Å². The highest BCUT2D eigenvalue weighted by molar-refractivity contribution is 6.34. The van der Waals surface area contributed by atoms with Crippen LogP contribution in [0.4, 0.5) is 0 Å². The average Bonchev–Trinajstić information content (AvgIpc) is 2.37. The van der Waals surface area contributed by atoms with Crippen LogP contribution < -0.4 is 0 Å². The fraction of sp³-hybridized carbons (Fsp3) is 0.417. The number of rotatable bonds is 5. The second-order valence-electron chi connectivity index (χ2n) is 4.05. The first-order chi connectivity index (χ1) is 8.86. The molecule has 1 amide bonds. The van der Waals surface area contributed by atoms with E-state index in [1.165, 1.54) is 17.0 Å². The van der Waals surface area contributed by atoms with Gasteiger partial charge in [0, 0.05) is 6.04 Å². The molecule has 1 aromatic heterocycles. The third-order valence-corrected chi connectivity index (χ3v) is 3.22. The van der Waals surface area contributed by atoms with Gasteiger partial charge in [-0.15, -0.1) is 0 Å². The predicted molar refractivity (Wildman–Crippen MR) is 72.7 cm³/mol. The van der Waals surface area contributed by atoms with Gasteiger partial charge in [0.15, 0.2) is 0 Å². The van der Waals surface area contributed by atoms with E-state index in [4.69, 9.17) is 28.3 Å². The van der Waals surface area contributed by atoms with Crippen LogP contribution >= 0.6 is 23.2 Å². The van der Waals surface area contributed by atoms with Gasteiger partial charge in [0.25, 0.3) is 5.91 Å². The molecule has 0 unspecified atom stereocenters. The van der Waals surface area contributed by atoms with E-state index in [9.17, 15) is 9.59 Å². The summed E-state index contributed by atoms with van der Waals surface area (Å²) in [5.41, 5.74) is -0.0317. The second-order valence-corrected chi connectivity index (χ2v) is 4.84. The highest BCUT2D eigenvalue weighted by Crippen LogP contribution is 2.20. The Morgan fingerprint density at radius 2 is 2.05 bits per heavy atom. The van der Waals surface area contributed by atoms with Crippen molar-refractivity contribution in [3.8, 4) is 0 Å². The molecule has 7 heteroatoms. The molecule has 0 spiro atoms. The molecule has 0 aliphatic rings. The van der Waals surface area contributed by atoms with Crippen LogP contribution in [0.1, 0.15) is 30.8 Å². The van der Waals surface area contributed by atoms with Crippen molar-refractivity contribution in [3.05, 3.63) is 28.0 Å². The Balaban J connectivity index is 3.11. The smallest absolute Gasteiger partial charge is 0.323 e. The van der Waals surface area contributed by atoms with E-state index in [2.05, 4.69) is 4.98 Å². The first kappa shape index (κ1) is 15.7. The number of nitrogens with zero attached hydrogens (tertiary/aromatic N) is 2. The summed E-state index contributed by atoms with van der Waals surface area (Å²) in [7, 11) is 0. The number of carbonyl (C=O) groups is 2. The Morgan fingerprint density at radius 1 is 1.42 bits per heavy atom. The number of carboxylic acid groups (broad SMARTS) is 1. The van der Waals surface area contributed by atoms with Crippen LogP contribution in [0.5, 0.6) is 0 Å². The fourth-order valence-corrected chi connectivity index (χ4v) is 1.83. The normalized spacial score (nSPS) is 12.0. The molecule has 1 atom stereocenters. The summed E-state index contributed by atoms with van der Waals surface area (Å²) < 4.78 is 0. The Hall–Kier alpha value is -1.33. The summed E-state index contributed by atoms with van der Waals surface area (Å²) in [5.74, 6) is -1.63. The maximum atomic E-state index is 12.3. The van der Waals surface area contributed by atoms with E-state index in [1.807, 2.05) is 6.92 Å². The molecule has 0 bridgehead atoms. The molecule has 19 heavy (non-hydrogen) atoms. The number of carboxylic acids is 1. The van der Waals surface area contributed by atoms with Crippen molar-refractivity contribution in [1.29, 1.82) is 0 Å². The molecular weight excluding hydrogens is 291 g/mol. The van der Waals surface area contributed by atoms with Crippen LogP contribution in [0.25, 0.3) is 0 Å². The lowest BCUT2D eigenvalue weighted by molar-refractivity contribution is -0.138. The molecule has 0 aromatic carbocycles.